The molecule has 2 rings (SSSR count). The average molecular weight is 180 g/mol. The largest absolute Gasteiger partial charge is 0.504 e. The standard InChI is InChI=1S/C10H12O3/c1-12-10-5-7(2-3-9(10)11)4-8-6-13-8/h2-3,5,8,11H,4,6H2,1H3/t8-/m1/s1. The highest BCUT2D eigenvalue weighted by Gasteiger charge is 2.22. The van der Waals surface area contributed by atoms with Crippen molar-refractivity contribution in [2.45, 2.75) is 12.5 Å². The third-order valence-corrected chi connectivity index (χ3v) is 2.11. The number of hydrogen-bond donors (Lipinski definition) is 1. The lowest BCUT2D eigenvalue weighted by Gasteiger charge is -2.04. The van der Waals surface area contributed by atoms with E-state index < -0.39 is 0 Å². The second-order valence-corrected chi connectivity index (χ2v) is 3.17. The normalized spacial score (nSPS) is 19.9. The van der Waals surface area contributed by atoms with E-state index in [0.29, 0.717) is 11.9 Å². The van der Waals surface area contributed by atoms with Crippen molar-refractivity contribution in [3.8, 4) is 11.5 Å². The highest BCUT2D eigenvalue weighted by molar-refractivity contribution is 5.41. The van der Waals surface area contributed by atoms with Gasteiger partial charge < -0.3 is 14.6 Å². The molecule has 1 heterocycles. The summed E-state index contributed by atoms with van der Waals surface area (Å²) in [6.45, 7) is 0.850. The van der Waals surface area contributed by atoms with E-state index in [1.165, 1.54) is 0 Å². The van der Waals surface area contributed by atoms with Crippen molar-refractivity contribution in [1.29, 1.82) is 0 Å². The molecule has 0 aliphatic carbocycles. The zero-order valence-electron chi connectivity index (χ0n) is 7.49. The molecule has 1 atom stereocenters. The Bertz CT molecular complexity index is 305. The molecule has 1 N–H and O–H groups in total. The molecule has 1 aromatic carbocycles. The second-order valence-electron chi connectivity index (χ2n) is 3.17. The lowest BCUT2D eigenvalue weighted by molar-refractivity contribution is 0.372. The van der Waals surface area contributed by atoms with E-state index in [9.17, 15) is 5.11 Å². The first-order chi connectivity index (χ1) is 6.29. The van der Waals surface area contributed by atoms with Crippen LogP contribution in [0.15, 0.2) is 18.2 Å². The summed E-state index contributed by atoms with van der Waals surface area (Å²) < 4.78 is 10.1. The number of phenolic OH excluding ortho intramolecular Hbond substituents is 1. The van der Waals surface area contributed by atoms with Crippen LogP contribution in [0.3, 0.4) is 0 Å². The third-order valence-electron chi connectivity index (χ3n) is 2.11. The van der Waals surface area contributed by atoms with Gasteiger partial charge in [-0.25, -0.2) is 0 Å². The van der Waals surface area contributed by atoms with Crippen molar-refractivity contribution >= 4 is 0 Å². The Balaban J connectivity index is 2.16. The maximum absolute atomic E-state index is 9.33. The Morgan fingerprint density at radius 2 is 2.38 bits per heavy atom. The molecule has 0 aromatic heterocycles. The smallest absolute Gasteiger partial charge is 0.160 e. The van der Waals surface area contributed by atoms with Crippen LogP contribution in [-0.4, -0.2) is 24.9 Å². The zero-order valence-corrected chi connectivity index (χ0v) is 7.49. The van der Waals surface area contributed by atoms with Crippen LogP contribution in [0.1, 0.15) is 5.56 Å². The number of benzene rings is 1. The van der Waals surface area contributed by atoms with Crippen molar-refractivity contribution in [3.63, 3.8) is 0 Å². The number of hydrogen-bond acceptors (Lipinski definition) is 3. The Hall–Kier alpha value is -1.22. The van der Waals surface area contributed by atoms with Gasteiger partial charge in [-0.3, -0.25) is 0 Å². The molecule has 13 heavy (non-hydrogen) atoms. The summed E-state index contributed by atoms with van der Waals surface area (Å²) >= 11 is 0. The SMILES string of the molecule is COc1cc(C[C@@H]2CO2)ccc1O. The first-order valence-corrected chi connectivity index (χ1v) is 4.27. The van der Waals surface area contributed by atoms with Crippen molar-refractivity contribution in [3.05, 3.63) is 23.8 Å². The highest BCUT2D eigenvalue weighted by atomic mass is 16.6. The van der Waals surface area contributed by atoms with Crippen LogP contribution in [0.5, 0.6) is 11.5 Å². The van der Waals surface area contributed by atoms with Crippen molar-refractivity contribution in [2.75, 3.05) is 13.7 Å². The number of ether oxygens (including phenoxy) is 2. The van der Waals surface area contributed by atoms with Crippen molar-refractivity contribution in [2.24, 2.45) is 0 Å². The summed E-state index contributed by atoms with van der Waals surface area (Å²) in [6, 6.07) is 5.38. The molecule has 0 spiro atoms. The van der Waals surface area contributed by atoms with Gasteiger partial charge in [0.15, 0.2) is 11.5 Å². The summed E-state index contributed by atoms with van der Waals surface area (Å²) in [5.74, 6) is 0.709. The van der Waals surface area contributed by atoms with Crippen molar-refractivity contribution < 1.29 is 14.6 Å². The summed E-state index contributed by atoms with van der Waals surface area (Å²) in [4.78, 5) is 0. The van der Waals surface area contributed by atoms with Gasteiger partial charge in [-0.1, -0.05) is 6.07 Å². The van der Waals surface area contributed by atoms with Crippen LogP contribution < -0.4 is 4.74 Å². The molecule has 0 bridgehead atoms. The first kappa shape index (κ1) is 8.38. The molecule has 0 amide bonds. The predicted octanol–water partition coefficient (Wildman–Crippen LogP) is 1.34. The second kappa shape index (κ2) is 3.26. The predicted molar refractivity (Wildman–Crippen MR) is 48.1 cm³/mol. The molecule has 1 aliphatic heterocycles. The van der Waals surface area contributed by atoms with Gasteiger partial charge >= 0.3 is 0 Å². The molecule has 1 aliphatic rings. The molecule has 1 fully saturated rings. The lowest BCUT2D eigenvalue weighted by atomic mass is 10.1. The molecule has 0 radical (unpaired) electrons. The molecule has 0 saturated carbocycles. The third kappa shape index (κ3) is 1.92. The van der Waals surface area contributed by atoms with Gasteiger partial charge in [0, 0.05) is 6.42 Å². The summed E-state index contributed by atoms with van der Waals surface area (Å²) in [5, 5.41) is 9.33. The zero-order chi connectivity index (χ0) is 9.26. The topological polar surface area (TPSA) is 42.0 Å². The minimum atomic E-state index is 0.183. The van der Waals surface area contributed by atoms with Gasteiger partial charge in [-0.15, -0.1) is 0 Å². The number of rotatable bonds is 3. The van der Waals surface area contributed by atoms with Gasteiger partial charge in [0.05, 0.1) is 19.8 Å². The summed E-state index contributed by atoms with van der Waals surface area (Å²) in [5.41, 5.74) is 1.14. The van der Waals surface area contributed by atoms with Gasteiger partial charge in [-0.05, 0) is 17.7 Å². The van der Waals surface area contributed by atoms with Gasteiger partial charge in [0.25, 0.3) is 0 Å². The molecule has 3 nitrogen and oxygen atoms in total. The Kier molecular flexibility index (Phi) is 2.10. The van der Waals surface area contributed by atoms with E-state index in [4.69, 9.17) is 9.47 Å². The van der Waals surface area contributed by atoms with E-state index in [0.717, 1.165) is 18.6 Å². The maximum Gasteiger partial charge on any atom is 0.160 e. The fourth-order valence-corrected chi connectivity index (χ4v) is 1.30. The fourth-order valence-electron chi connectivity index (χ4n) is 1.30. The average Bonchev–Trinajstić information content (AvgIpc) is 2.92. The van der Waals surface area contributed by atoms with E-state index in [2.05, 4.69) is 0 Å². The summed E-state index contributed by atoms with van der Waals surface area (Å²) in [6.07, 6.45) is 1.27. The highest BCUT2D eigenvalue weighted by Crippen LogP contribution is 2.28. The monoisotopic (exact) mass is 180 g/mol. The number of methoxy groups -OCH3 is 1. The van der Waals surface area contributed by atoms with E-state index in [-0.39, 0.29) is 5.75 Å². The lowest BCUT2D eigenvalue weighted by Crippen LogP contribution is -1.93. The first-order valence-electron chi connectivity index (χ1n) is 4.27. The Morgan fingerprint density at radius 1 is 1.62 bits per heavy atom. The molecule has 1 aromatic rings. The molecular formula is C10H12O3. The van der Waals surface area contributed by atoms with Crippen LogP contribution in [-0.2, 0) is 11.2 Å². The van der Waals surface area contributed by atoms with Crippen LogP contribution >= 0.6 is 0 Å². The van der Waals surface area contributed by atoms with Gasteiger partial charge in [0.1, 0.15) is 0 Å². The van der Waals surface area contributed by atoms with Crippen LogP contribution in [0.4, 0.5) is 0 Å². The maximum atomic E-state index is 9.33. The van der Waals surface area contributed by atoms with Crippen molar-refractivity contribution in [1.82, 2.24) is 0 Å². The fraction of sp³-hybridized carbons (Fsp3) is 0.400. The minimum Gasteiger partial charge on any atom is -0.504 e. The van der Waals surface area contributed by atoms with Crippen LogP contribution in [0.25, 0.3) is 0 Å². The number of aromatic hydroxyl groups is 1. The molecule has 0 unspecified atom stereocenters. The van der Waals surface area contributed by atoms with E-state index >= 15 is 0 Å². The minimum absolute atomic E-state index is 0.183. The van der Waals surface area contributed by atoms with Crippen LogP contribution in [0.2, 0.25) is 0 Å². The quantitative estimate of drug-likeness (QED) is 0.714. The van der Waals surface area contributed by atoms with Gasteiger partial charge in [-0.2, -0.15) is 0 Å². The van der Waals surface area contributed by atoms with Crippen LogP contribution in [0, 0.1) is 0 Å². The van der Waals surface area contributed by atoms with E-state index in [1.807, 2.05) is 12.1 Å². The number of phenols is 1. The molecule has 70 valence electrons. The summed E-state index contributed by atoms with van der Waals surface area (Å²) in [7, 11) is 1.55. The molecule has 3 heteroatoms. The Labute approximate surface area is 76.9 Å². The molecular weight excluding hydrogens is 168 g/mol. The molecule has 1 saturated heterocycles. The van der Waals surface area contributed by atoms with E-state index in [1.54, 1.807) is 13.2 Å². The Morgan fingerprint density at radius 3 is 3.00 bits per heavy atom. The number of epoxide rings is 1. The van der Waals surface area contributed by atoms with Gasteiger partial charge in [0.2, 0.25) is 0 Å².